The number of aldehydes is 1. The lowest BCUT2D eigenvalue weighted by Crippen LogP contribution is -2.31. The lowest BCUT2D eigenvalue weighted by molar-refractivity contribution is -0.0944. The Morgan fingerprint density at radius 1 is 1.50 bits per heavy atom. The molecule has 0 atom stereocenters. The summed E-state index contributed by atoms with van der Waals surface area (Å²) in [6.45, 7) is 0.338. The van der Waals surface area contributed by atoms with Crippen molar-refractivity contribution in [2.75, 3.05) is 18.0 Å². The molecule has 0 bridgehead atoms. The third-order valence-electron chi connectivity index (χ3n) is 2.55. The highest BCUT2D eigenvalue weighted by Crippen LogP contribution is 2.34. The number of aromatic nitrogens is 1. The van der Waals surface area contributed by atoms with Gasteiger partial charge >= 0.3 is 6.18 Å². The zero-order valence-electron chi connectivity index (χ0n) is 9.00. The fourth-order valence-corrected chi connectivity index (χ4v) is 2.71. The van der Waals surface area contributed by atoms with E-state index < -0.39 is 11.7 Å². The van der Waals surface area contributed by atoms with Gasteiger partial charge in [0.1, 0.15) is 4.88 Å². The largest absolute Gasteiger partial charge is 0.412 e. The first kappa shape index (κ1) is 13.4. The summed E-state index contributed by atoms with van der Waals surface area (Å²) in [6.07, 6.45) is -2.62. The molecule has 0 aromatic carbocycles. The van der Waals surface area contributed by atoms with Crippen LogP contribution in [0.4, 0.5) is 18.3 Å². The van der Waals surface area contributed by atoms with E-state index >= 15 is 0 Å². The lowest BCUT2D eigenvalue weighted by Gasteiger charge is -2.26. The van der Waals surface area contributed by atoms with Crippen molar-refractivity contribution in [3.8, 4) is 0 Å². The van der Waals surface area contributed by atoms with Crippen LogP contribution in [-0.2, 0) is 0 Å². The monoisotopic (exact) mass is 296 g/mol. The summed E-state index contributed by atoms with van der Waals surface area (Å²) < 4.78 is 37.3. The van der Waals surface area contributed by atoms with Crippen LogP contribution in [0.1, 0.15) is 16.1 Å². The molecular formula is C10H8ClF3N2OS. The molecule has 98 valence electrons. The van der Waals surface area contributed by atoms with Gasteiger partial charge < -0.3 is 4.90 Å². The summed E-state index contributed by atoms with van der Waals surface area (Å²) >= 11 is 6.79. The average Bonchev–Trinajstić information content (AvgIpc) is 2.69. The van der Waals surface area contributed by atoms with Gasteiger partial charge in [-0.1, -0.05) is 29.0 Å². The molecule has 0 radical (unpaired) electrons. The van der Waals surface area contributed by atoms with Gasteiger partial charge in [0.15, 0.2) is 16.6 Å². The highest BCUT2D eigenvalue weighted by molar-refractivity contribution is 7.17. The molecule has 1 aliphatic heterocycles. The van der Waals surface area contributed by atoms with E-state index in [4.69, 9.17) is 11.6 Å². The van der Waals surface area contributed by atoms with E-state index in [1.165, 1.54) is 0 Å². The molecule has 0 amide bonds. The third kappa shape index (κ3) is 2.67. The van der Waals surface area contributed by atoms with Gasteiger partial charge in [0.05, 0.1) is 0 Å². The smallest absolute Gasteiger partial charge is 0.344 e. The van der Waals surface area contributed by atoms with Crippen LogP contribution < -0.4 is 4.90 Å². The normalized spacial score (nSPS) is 16.7. The van der Waals surface area contributed by atoms with Gasteiger partial charge in [-0.25, -0.2) is 4.98 Å². The molecule has 1 aromatic heterocycles. The molecular weight excluding hydrogens is 289 g/mol. The number of rotatable bonds is 2. The molecule has 0 spiro atoms. The Kier molecular flexibility index (Phi) is 3.63. The predicted molar refractivity (Wildman–Crippen MR) is 63.5 cm³/mol. The number of anilines is 1. The minimum atomic E-state index is -4.26. The SMILES string of the molecule is O=Cc1sc(N2CC=C(C(F)(F)F)CC2)nc1Cl. The summed E-state index contributed by atoms with van der Waals surface area (Å²) in [6, 6.07) is 0. The standard InChI is InChI=1S/C10H8ClF3N2OS/c11-8-7(5-17)18-9(15-8)16-3-1-6(2-4-16)10(12,13)14/h1,5H,2-4H2. The fourth-order valence-electron chi connectivity index (χ4n) is 1.61. The molecule has 2 heterocycles. The number of thiazole rings is 1. The second-order valence-electron chi connectivity index (χ2n) is 3.69. The van der Waals surface area contributed by atoms with E-state index in [9.17, 15) is 18.0 Å². The van der Waals surface area contributed by atoms with Crippen molar-refractivity contribution in [3.05, 3.63) is 21.7 Å². The van der Waals surface area contributed by atoms with Crippen molar-refractivity contribution >= 4 is 34.4 Å². The molecule has 0 fully saturated rings. The number of hydrogen-bond donors (Lipinski definition) is 0. The van der Waals surface area contributed by atoms with Crippen molar-refractivity contribution in [3.63, 3.8) is 0 Å². The van der Waals surface area contributed by atoms with E-state index in [0.717, 1.165) is 17.4 Å². The van der Waals surface area contributed by atoms with E-state index in [0.29, 0.717) is 11.4 Å². The molecule has 3 nitrogen and oxygen atoms in total. The second kappa shape index (κ2) is 4.89. The first-order chi connectivity index (χ1) is 8.41. The Labute approximate surface area is 110 Å². The molecule has 8 heteroatoms. The van der Waals surface area contributed by atoms with E-state index in [2.05, 4.69) is 4.98 Å². The van der Waals surface area contributed by atoms with Gasteiger partial charge in [-0.05, 0) is 6.42 Å². The Balaban J connectivity index is 2.14. The topological polar surface area (TPSA) is 33.2 Å². The minimum Gasteiger partial charge on any atom is -0.344 e. The van der Waals surface area contributed by atoms with Gasteiger partial charge in [0.2, 0.25) is 0 Å². The van der Waals surface area contributed by atoms with E-state index in [-0.39, 0.29) is 29.5 Å². The number of nitrogens with zero attached hydrogens (tertiary/aromatic N) is 2. The summed E-state index contributed by atoms with van der Waals surface area (Å²) in [5, 5.41) is 0.565. The number of alkyl halides is 3. The summed E-state index contributed by atoms with van der Waals surface area (Å²) in [5.74, 6) is 0. The van der Waals surface area contributed by atoms with Crippen LogP contribution in [0, 0.1) is 0 Å². The maximum absolute atomic E-state index is 12.4. The molecule has 18 heavy (non-hydrogen) atoms. The summed E-state index contributed by atoms with van der Waals surface area (Å²) in [5.41, 5.74) is -0.517. The first-order valence-corrected chi connectivity index (χ1v) is 6.24. The average molecular weight is 297 g/mol. The van der Waals surface area contributed by atoms with Crippen LogP contribution in [0.15, 0.2) is 11.6 Å². The molecule has 2 rings (SSSR count). The highest BCUT2D eigenvalue weighted by Gasteiger charge is 2.35. The van der Waals surface area contributed by atoms with Crippen molar-refractivity contribution in [2.45, 2.75) is 12.6 Å². The fraction of sp³-hybridized carbons (Fsp3) is 0.400. The van der Waals surface area contributed by atoms with Crippen molar-refractivity contribution in [1.29, 1.82) is 0 Å². The van der Waals surface area contributed by atoms with Gasteiger partial charge in [-0.2, -0.15) is 13.2 Å². The summed E-state index contributed by atoms with van der Waals surface area (Å²) in [7, 11) is 0. The van der Waals surface area contributed by atoms with Crippen LogP contribution in [0.2, 0.25) is 5.15 Å². The number of carbonyl (C=O) groups is 1. The number of hydrogen-bond acceptors (Lipinski definition) is 4. The summed E-state index contributed by atoms with van der Waals surface area (Å²) in [4.78, 5) is 16.5. The molecule has 1 aromatic rings. The van der Waals surface area contributed by atoms with Crippen LogP contribution in [-0.4, -0.2) is 30.5 Å². The number of carbonyl (C=O) groups excluding carboxylic acids is 1. The zero-order valence-corrected chi connectivity index (χ0v) is 10.6. The first-order valence-electron chi connectivity index (χ1n) is 5.04. The Hall–Kier alpha value is -1.08. The van der Waals surface area contributed by atoms with Crippen LogP contribution in [0.3, 0.4) is 0 Å². The lowest BCUT2D eigenvalue weighted by atomic mass is 10.1. The van der Waals surface area contributed by atoms with Gasteiger partial charge in [-0.15, -0.1) is 0 Å². The molecule has 0 saturated heterocycles. The van der Waals surface area contributed by atoms with Crippen LogP contribution >= 0.6 is 22.9 Å². The number of halogens is 4. The minimum absolute atomic E-state index is 0.0862. The molecule has 1 aliphatic rings. The Morgan fingerprint density at radius 3 is 2.67 bits per heavy atom. The van der Waals surface area contributed by atoms with Gasteiger partial charge in [0, 0.05) is 18.7 Å². The second-order valence-corrected chi connectivity index (χ2v) is 5.06. The molecule has 0 aliphatic carbocycles. The molecule has 0 saturated carbocycles. The maximum atomic E-state index is 12.4. The van der Waals surface area contributed by atoms with E-state index in [1.54, 1.807) is 4.90 Å². The molecule has 0 unspecified atom stereocenters. The van der Waals surface area contributed by atoms with Gasteiger partial charge in [0.25, 0.3) is 0 Å². The van der Waals surface area contributed by atoms with Gasteiger partial charge in [-0.3, -0.25) is 4.79 Å². The van der Waals surface area contributed by atoms with E-state index in [1.807, 2.05) is 0 Å². The highest BCUT2D eigenvalue weighted by atomic mass is 35.5. The van der Waals surface area contributed by atoms with Crippen molar-refractivity contribution < 1.29 is 18.0 Å². The third-order valence-corrected chi connectivity index (χ3v) is 3.99. The zero-order chi connectivity index (χ0) is 13.3. The quantitative estimate of drug-likeness (QED) is 0.620. The van der Waals surface area contributed by atoms with Crippen LogP contribution in [0.25, 0.3) is 0 Å². The molecule has 0 N–H and O–H groups in total. The van der Waals surface area contributed by atoms with Crippen molar-refractivity contribution in [2.24, 2.45) is 0 Å². The Bertz CT molecular complexity index is 498. The van der Waals surface area contributed by atoms with Crippen LogP contribution in [0.5, 0.6) is 0 Å². The maximum Gasteiger partial charge on any atom is 0.412 e. The predicted octanol–water partition coefficient (Wildman–Crippen LogP) is 3.31. The Morgan fingerprint density at radius 2 is 2.22 bits per heavy atom. The van der Waals surface area contributed by atoms with Crippen molar-refractivity contribution in [1.82, 2.24) is 4.98 Å².